The van der Waals surface area contributed by atoms with E-state index in [-0.39, 0.29) is 16.8 Å². The number of carbonyl (C=O) groups is 1. The summed E-state index contributed by atoms with van der Waals surface area (Å²) in [7, 11) is -4.45. The van der Waals surface area contributed by atoms with E-state index in [0.29, 0.717) is 38.4 Å². The maximum atomic E-state index is 13.9. The normalized spacial score (nSPS) is 14.6. The third-order valence-corrected chi connectivity index (χ3v) is 9.07. The zero-order valence-electron chi connectivity index (χ0n) is 21.1. The van der Waals surface area contributed by atoms with Crippen LogP contribution < -0.4 is 10.0 Å². The zero-order valence-corrected chi connectivity index (χ0v) is 22.8. The van der Waals surface area contributed by atoms with Crippen molar-refractivity contribution in [3.8, 4) is 21.9 Å². The number of nitrogens with zero attached hydrogens (tertiary/aromatic N) is 1. The van der Waals surface area contributed by atoms with Crippen molar-refractivity contribution in [3.63, 3.8) is 0 Å². The molecule has 198 valence electrons. The van der Waals surface area contributed by atoms with E-state index in [9.17, 15) is 24.3 Å². The number of carbonyl (C=O) groups excluding carboxylic acids is 1. The quantitative estimate of drug-likeness (QED) is 0.197. The van der Waals surface area contributed by atoms with Gasteiger partial charge in [-0.15, -0.1) is 11.3 Å². The number of benzene rings is 3. The number of phenols is 1. The van der Waals surface area contributed by atoms with E-state index in [1.165, 1.54) is 42.7 Å². The molecule has 1 fully saturated rings. The summed E-state index contributed by atoms with van der Waals surface area (Å²) in [6.45, 7) is 5.56. The van der Waals surface area contributed by atoms with Crippen LogP contribution in [-0.2, 0) is 4.57 Å². The first-order valence-electron chi connectivity index (χ1n) is 12.6. The van der Waals surface area contributed by atoms with Gasteiger partial charge in [0.25, 0.3) is 0 Å². The lowest BCUT2D eigenvalue weighted by atomic mass is 9.96. The SMILES string of the molecule is Cc1cc(O)ccc1-c1sc2cc(P(=O)(O)O)ccc2c1C(=O)c1ccc(OCCN2CCCCC2)cc1. The highest BCUT2D eigenvalue weighted by atomic mass is 32.1. The van der Waals surface area contributed by atoms with E-state index >= 15 is 0 Å². The summed E-state index contributed by atoms with van der Waals surface area (Å²) >= 11 is 1.30. The molecule has 9 heteroatoms. The molecule has 38 heavy (non-hydrogen) atoms. The van der Waals surface area contributed by atoms with E-state index in [4.69, 9.17) is 4.74 Å². The summed E-state index contributed by atoms with van der Waals surface area (Å²) in [5, 5.41) is 10.4. The van der Waals surface area contributed by atoms with Gasteiger partial charge < -0.3 is 19.6 Å². The third-order valence-electron chi connectivity index (χ3n) is 6.93. The number of rotatable bonds is 8. The standard InChI is InChI=1S/C29H30NO6PS/c1-19-17-21(31)7-11-24(19)29-27(25-12-10-23(37(33,34)35)18-26(25)38-29)28(32)20-5-8-22(9-6-20)36-16-15-30-13-3-2-4-14-30/h5-12,17-18,31H,2-4,13-16H2,1H3,(H2,33,34,35). The minimum absolute atomic E-state index is 0.0923. The molecule has 1 saturated heterocycles. The van der Waals surface area contributed by atoms with E-state index in [1.54, 1.807) is 48.5 Å². The molecule has 0 amide bonds. The minimum Gasteiger partial charge on any atom is -0.508 e. The van der Waals surface area contributed by atoms with Gasteiger partial charge in [0, 0.05) is 32.6 Å². The van der Waals surface area contributed by atoms with Crippen molar-refractivity contribution < 1.29 is 29.0 Å². The Morgan fingerprint density at radius 3 is 2.42 bits per heavy atom. The first kappa shape index (κ1) is 26.6. The second kappa shape index (κ2) is 11.0. The van der Waals surface area contributed by atoms with Gasteiger partial charge in [0.15, 0.2) is 5.78 Å². The Labute approximate surface area is 225 Å². The summed E-state index contributed by atoms with van der Waals surface area (Å²) in [6.07, 6.45) is 3.77. The van der Waals surface area contributed by atoms with Crippen LogP contribution in [0.1, 0.15) is 40.7 Å². The topological polar surface area (TPSA) is 107 Å². The van der Waals surface area contributed by atoms with Crippen molar-refractivity contribution in [2.24, 2.45) is 0 Å². The number of ether oxygens (including phenoxy) is 1. The fourth-order valence-electron chi connectivity index (χ4n) is 4.91. The molecule has 0 unspecified atom stereocenters. The molecule has 3 aromatic carbocycles. The number of aryl methyl sites for hydroxylation is 1. The number of hydrogen-bond acceptors (Lipinski definition) is 6. The highest BCUT2D eigenvalue weighted by Gasteiger charge is 2.25. The number of likely N-dealkylation sites (tertiary alicyclic amines) is 1. The van der Waals surface area contributed by atoms with Gasteiger partial charge in [0.05, 0.1) is 5.30 Å². The Balaban J connectivity index is 1.46. The Morgan fingerprint density at radius 2 is 1.74 bits per heavy atom. The van der Waals surface area contributed by atoms with Crippen LogP contribution in [0.3, 0.4) is 0 Å². The molecule has 0 atom stereocenters. The number of hydrogen-bond donors (Lipinski definition) is 3. The van der Waals surface area contributed by atoms with Crippen LogP contribution in [0.4, 0.5) is 0 Å². The van der Waals surface area contributed by atoms with Gasteiger partial charge in [0.1, 0.15) is 18.1 Å². The molecular formula is C29H30NO6PS. The van der Waals surface area contributed by atoms with Crippen LogP contribution >= 0.6 is 18.9 Å². The molecule has 0 aliphatic carbocycles. The number of aromatic hydroxyl groups is 1. The smallest absolute Gasteiger partial charge is 0.356 e. The van der Waals surface area contributed by atoms with Crippen LogP contribution in [0.5, 0.6) is 11.5 Å². The largest absolute Gasteiger partial charge is 0.508 e. The second-order valence-corrected chi connectivity index (χ2v) is 12.3. The summed E-state index contributed by atoms with van der Waals surface area (Å²) in [5.74, 6) is 0.636. The average molecular weight is 552 g/mol. The van der Waals surface area contributed by atoms with Crippen molar-refractivity contribution in [1.29, 1.82) is 0 Å². The van der Waals surface area contributed by atoms with Gasteiger partial charge >= 0.3 is 7.60 Å². The van der Waals surface area contributed by atoms with Gasteiger partial charge in [-0.25, -0.2) is 0 Å². The fraction of sp³-hybridized carbons (Fsp3) is 0.276. The lowest BCUT2D eigenvalue weighted by Gasteiger charge is -2.26. The summed E-state index contributed by atoms with van der Waals surface area (Å²) < 4.78 is 18.4. The molecule has 1 aliphatic heterocycles. The summed E-state index contributed by atoms with van der Waals surface area (Å²) in [4.78, 5) is 36.3. The first-order chi connectivity index (χ1) is 18.2. The zero-order chi connectivity index (χ0) is 26.9. The molecule has 0 bridgehead atoms. The lowest BCUT2D eigenvalue weighted by molar-refractivity contribution is 0.104. The second-order valence-electron chi connectivity index (χ2n) is 9.63. The molecule has 4 aromatic rings. The molecule has 1 aromatic heterocycles. The molecule has 3 N–H and O–H groups in total. The molecule has 1 aliphatic rings. The molecule has 0 saturated carbocycles. The van der Waals surface area contributed by atoms with Crippen LogP contribution in [0, 0.1) is 6.92 Å². The Kier molecular flexibility index (Phi) is 7.70. The minimum atomic E-state index is -4.45. The van der Waals surface area contributed by atoms with Gasteiger partial charge in [0.2, 0.25) is 0 Å². The van der Waals surface area contributed by atoms with Crippen molar-refractivity contribution in [3.05, 3.63) is 77.4 Å². The Hall–Kier alpha value is -3.00. The monoisotopic (exact) mass is 551 g/mol. The predicted molar refractivity (Wildman–Crippen MR) is 151 cm³/mol. The molecule has 5 rings (SSSR count). The fourth-order valence-corrected chi connectivity index (χ4v) is 6.89. The van der Waals surface area contributed by atoms with Gasteiger partial charge in [-0.2, -0.15) is 0 Å². The molecule has 0 radical (unpaired) electrons. The van der Waals surface area contributed by atoms with E-state index < -0.39 is 7.60 Å². The number of fused-ring (bicyclic) bond motifs is 1. The number of thiophene rings is 1. The molecular weight excluding hydrogens is 521 g/mol. The van der Waals surface area contributed by atoms with Crippen LogP contribution in [0.15, 0.2) is 60.7 Å². The van der Waals surface area contributed by atoms with Crippen molar-refractivity contribution >= 4 is 40.1 Å². The van der Waals surface area contributed by atoms with Crippen LogP contribution in [0.25, 0.3) is 20.5 Å². The summed E-state index contributed by atoms with van der Waals surface area (Å²) in [6, 6.07) is 16.5. The van der Waals surface area contributed by atoms with Gasteiger partial charge in [-0.3, -0.25) is 14.3 Å². The third kappa shape index (κ3) is 5.70. The maximum Gasteiger partial charge on any atom is 0.356 e. The molecule has 7 nitrogen and oxygen atoms in total. The average Bonchev–Trinajstić information content (AvgIpc) is 3.27. The van der Waals surface area contributed by atoms with E-state index in [0.717, 1.165) is 30.8 Å². The van der Waals surface area contributed by atoms with E-state index in [2.05, 4.69) is 4.90 Å². The highest BCUT2D eigenvalue weighted by Crippen LogP contribution is 2.43. The molecule has 2 heterocycles. The Morgan fingerprint density at radius 1 is 1.00 bits per heavy atom. The lowest BCUT2D eigenvalue weighted by Crippen LogP contribution is -2.33. The number of piperidine rings is 1. The number of phenolic OH excluding ortho intramolecular Hbond substituents is 1. The number of ketones is 1. The van der Waals surface area contributed by atoms with Gasteiger partial charge in [-0.05, 0) is 98.6 Å². The Bertz CT molecular complexity index is 1520. The van der Waals surface area contributed by atoms with E-state index in [1.807, 2.05) is 6.92 Å². The first-order valence-corrected chi connectivity index (χ1v) is 15.1. The summed E-state index contributed by atoms with van der Waals surface area (Å²) in [5.41, 5.74) is 2.53. The van der Waals surface area contributed by atoms with Crippen molar-refractivity contribution in [1.82, 2.24) is 4.90 Å². The van der Waals surface area contributed by atoms with Crippen LogP contribution in [0.2, 0.25) is 0 Å². The van der Waals surface area contributed by atoms with Gasteiger partial charge in [-0.1, -0.05) is 12.5 Å². The predicted octanol–water partition coefficient (Wildman–Crippen LogP) is 5.48. The maximum absolute atomic E-state index is 13.9. The van der Waals surface area contributed by atoms with Crippen LogP contribution in [-0.4, -0.2) is 51.8 Å². The van der Waals surface area contributed by atoms with Crippen molar-refractivity contribution in [2.75, 3.05) is 26.2 Å². The van der Waals surface area contributed by atoms with Crippen molar-refractivity contribution in [2.45, 2.75) is 26.2 Å². The highest BCUT2D eigenvalue weighted by molar-refractivity contribution is 7.60. The molecule has 0 spiro atoms.